The van der Waals surface area contributed by atoms with E-state index < -0.39 is 0 Å². The topological polar surface area (TPSA) is 33.2 Å². The van der Waals surface area contributed by atoms with Crippen LogP contribution in [0, 0.1) is 0 Å². The number of carbonyl (C=O) groups is 1. The first kappa shape index (κ1) is 12.2. The third-order valence-corrected chi connectivity index (χ3v) is 3.92. The lowest BCUT2D eigenvalue weighted by atomic mass is 9.94. The molecule has 3 rings (SSSR count). The maximum atomic E-state index is 11.8. The van der Waals surface area contributed by atoms with Crippen LogP contribution in [0.2, 0.25) is 0 Å². The molecule has 1 saturated heterocycles. The van der Waals surface area contributed by atoms with Crippen LogP contribution in [-0.2, 0) is 4.79 Å². The van der Waals surface area contributed by atoms with Crippen LogP contribution in [0.4, 0.5) is 0 Å². The Morgan fingerprint density at radius 2 is 2.21 bits per heavy atom. The zero-order valence-electron chi connectivity index (χ0n) is 11.2. The molecule has 1 aromatic carbocycles. The molecule has 2 heterocycles. The normalized spacial score (nSPS) is 19.6. The Labute approximate surface area is 113 Å². The van der Waals surface area contributed by atoms with Crippen molar-refractivity contribution in [2.75, 3.05) is 6.54 Å². The molecule has 1 atom stereocenters. The number of nitrogens with zero attached hydrogens (tertiary/aromatic N) is 2. The van der Waals surface area contributed by atoms with Crippen molar-refractivity contribution in [3.05, 3.63) is 42.1 Å². The Morgan fingerprint density at radius 3 is 3.05 bits per heavy atom. The van der Waals surface area contributed by atoms with Gasteiger partial charge in [0.25, 0.3) is 0 Å². The number of likely N-dealkylation sites (tertiary alicyclic amines) is 1. The van der Waals surface area contributed by atoms with E-state index in [0.717, 1.165) is 30.3 Å². The van der Waals surface area contributed by atoms with Gasteiger partial charge in [-0.1, -0.05) is 12.1 Å². The second kappa shape index (κ2) is 5.00. The van der Waals surface area contributed by atoms with Crippen LogP contribution in [0.3, 0.4) is 0 Å². The second-order valence-corrected chi connectivity index (χ2v) is 5.18. The fourth-order valence-electron chi connectivity index (χ4n) is 2.96. The summed E-state index contributed by atoms with van der Waals surface area (Å²) >= 11 is 0. The largest absolute Gasteiger partial charge is 0.336 e. The quantitative estimate of drug-likeness (QED) is 0.782. The van der Waals surface area contributed by atoms with Gasteiger partial charge in [-0.15, -0.1) is 0 Å². The Morgan fingerprint density at radius 1 is 1.32 bits per heavy atom. The number of hydrogen-bond donors (Lipinski definition) is 0. The molecule has 0 N–H and O–H groups in total. The fourth-order valence-corrected chi connectivity index (χ4v) is 2.96. The van der Waals surface area contributed by atoms with Gasteiger partial charge in [0.1, 0.15) is 0 Å². The van der Waals surface area contributed by atoms with Crippen LogP contribution in [0.15, 0.2) is 36.5 Å². The van der Waals surface area contributed by atoms with E-state index in [-0.39, 0.29) is 11.9 Å². The highest BCUT2D eigenvalue weighted by atomic mass is 16.2. The zero-order chi connectivity index (χ0) is 13.2. The van der Waals surface area contributed by atoms with Crippen LogP contribution in [0.1, 0.15) is 37.8 Å². The van der Waals surface area contributed by atoms with E-state index in [0.29, 0.717) is 0 Å². The van der Waals surface area contributed by atoms with E-state index in [9.17, 15) is 4.79 Å². The smallest absolute Gasteiger partial charge is 0.219 e. The Balaban J connectivity index is 1.99. The van der Waals surface area contributed by atoms with Gasteiger partial charge in [0.15, 0.2) is 0 Å². The summed E-state index contributed by atoms with van der Waals surface area (Å²) in [5, 5.41) is 1.15. The number of piperidine rings is 1. The molecule has 1 unspecified atom stereocenters. The molecule has 0 saturated carbocycles. The Kier molecular flexibility index (Phi) is 3.20. The molecule has 2 aromatic rings. The highest BCUT2D eigenvalue weighted by Gasteiger charge is 2.25. The molecule has 0 radical (unpaired) electrons. The van der Waals surface area contributed by atoms with E-state index in [1.807, 2.05) is 17.2 Å². The average Bonchev–Trinajstić information content (AvgIpc) is 2.46. The monoisotopic (exact) mass is 254 g/mol. The van der Waals surface area contributed by atoms with Gasteiger partial charge in [-0.25, -0.2) is 0 Å². The molecule has 3 heteroatoms. The number of benzene rings is 1. The zero-order valence-corrected chi connectivity index (χ0v) is 11.2. The first-order chi connectivity index (χ1) is 9.25. The average molecular weight is 254 g/mol. The van der Waals surface area contributed by atoms with Crippen molar-refractivity contribution in [2.45, 2.75) is 32.2 Å². The van der Waals surface area contributed by atoms with E-state index in [1.54, 1.807) is 6.92 Å². The maximum absolute atomic E-state index is 11.8. The standard InChI is InChI=1S/C16H18N2O/c1-12(19)18-10-3-2-6-16(18)14-7-8-15-13(11-14)5-4-9-17-15/h4-5,7-9,11,16H,2-3,6,10H2,1H3. The molecule has 19 heavy (non-hydrogen) atoms. The minimum atomic E-state index is 0.177. The third kappa shape index (κ3) is 2.33. The minimum Gasteiger partial charge on any atom is -0.336 e. The molecule has 1 fully saturated rings. The minimum absolute atomic E-state index is 0.177. The number of carbonyl (C=O) groups excluding carboxylic acids is 1. The van der Waals surface area contributed by atoms with Crippen LogP contribution in [-0.4, -0.2) is 22.3 Å². The highest BCUT2D eigenvalue weighted by molar-refractivity contribution is 5.79. The Hall–Kier alpha value is -1.90. The van der Waals surface area contributed by atoms with Crippen molar-refractivity contribution >= 4 is 16.8 Å². The molecule has 1 amide bonds. The second-order valence-electron chi connectivity index (χ2n) is 5.18. The molecular weight excluding hydrogens is 236 g/mol. The van der Waals surface area contributed by atoms with Crippen molar-refractivity contribution in [3.8, 4) is 0 Å². The van der Waals surface area contributed by atoms with Crippen LogP contribution in [0.5, 0.6) is 0 Å². The molecule has 1 aliphatic rings. The van der Waals surface area contributed by atoms with Crippen molar-refractivity contribution in [1.82, 2.24) is 9.88 Å². The third-order valence-electron chi connectivity index (χ3n) is 3.92. The lowest BCUT2D eigenvalue weighted by Crippen LogP contribution is -2.36. The SMILES string of the molecule is CC(=O)N1CCCCC1c1ccc2ncccc2c1. The van der Waals surface area contributed by atoms with Gasteiger partial charge in [0, 0.05) is 25.1 Å². The van der Waals surface area contributed by atoms with E-state index in [2.05, 4.69) is 29.2 Å². The van der Waals surface area contributed by atoms with Gasteiger partial charge >= 0.3 is 0 Å². The number of rotatable bonds is 1. The first-order valence-electron chi connectivity index (χ1n) is 6.87. The summed E-state index contributed by atoms with van der Waals surface area (Å²) in [4.78, 5) is 18.1. The summed E-state index contributed by atoms with van der Waals surface area (Å²) in [6.07, 6.45) is 5.18. The summed E-state index contributed by atoms with van der Waals surface area (Å²) in [6.45, 7) is 2.55. The van der Waals surface area contributed by atoms with E-state index in [1.165, 1.54) is 12.0 Å². The molecule has 3 nitrogen and oxygen atoms in total. The summed E-state index contributed by atoms with van der Waals surface area (Å²) in [5.74, 6) is 0.177. The molecule has 0 spiro atoms. The number of amides is 1. The fraction of sp³-hybridized carbons (Fsp3) is 0.375. The van der Waals surface area contributed by atoms with Gasteiger partial charge in [-0.05, 0) is 43.0 Å². The summed E-state index contributed by atoms with van der Waals surface area (Å²) in [5.41, 5.74) is 2.24. The molecule has 1 aromatic heterocycles. The Bertz CT molecular complexity index is 608. The van der Waals surface area contributed by atoms with Crippen LogP contribution < -0.4 is 0 Å². The summed E-state index contributed by atoms with van der Waals surface area (Å²) in [6, 6.07) is 10.6. The van der Waals surface area contributed by atoms with Crippen LogP contribution in [0.25, 0.3) is 10.9 Å². The lowest BCUT2D eigenvalue weighted by molar-refractivity contribution is -0.132. The van der Waals surface area contributed by atoms with Crippen molar-refractivity contribution in [1.29, 1.82) is 0 Å². The van der Waals surface area contributed by atoms with Crippen LogP contribution >= 0.6 is 0 Å². The van der Waals surface area contributed by atoms with E-state index >= 15 is 0 Å². The van der Waals surface area contributed by atoms with Crippen molar-refractivity contribution in [3.63, 3.8) is 0 Å². The first-order valence-corrected chi connectivity index (χ1v) is 6.87. The van der Waals surface area contributed by atoms with Crippen molar-refractivity contribution < 1.29 is 4.79 Å². The number of aromatic nitrogens is 1. The number of pyridine rings is 1. The highest BCUT2D eigenvalue weighted by Crippen LogP contribution is 2.32. The molecule has 0 aliphatic carbocycles. The molecule has 1 aliphatic heterocycles. The lowest BCUT2D eigenvalue weighted by Gasteiger charge is -2.35. The molecule has 98 valence electrons. The van der Waals surface area contributed by atoms with Gasteiger partial charge in [-0.3, -0.25) is 9.78 Å². The van der Waals surface area contributed by atoms with Gasteiger partial charge in [0.05, 0.1) is 11.6 Å². The molecular formula is C16H18N2O. The number of hydrogen-bond acceptors (Lipinski definition) is 2. The van der Waals surface area contributed by atoms with Gasteiger partial charge in [0.2, 0.25) is 5.91 Å². The van der Waals surface area contributed by atoms with Gasteiger partial charge in [-0.2, -0.15) is 0 Å². The maximum Gasteiger partial charge on any atom is 0.219 e. The summed E-state index contributed by atoms with van der Waals surface area (Å²) in [7, 11) is 0. The predicted molar refractivity (Wildman–Crippen MR) is 75.7 cm³/mol. The number of fused-ring (bicyclic) bond motifs is 1. The molecule has 0 bridgehead atoms. The summed E-state index contributed by atoms with van der Waals surface area (Å²) < 4.78 is 0. The predicted octanol–water partition coefficient (Wildman–Crippen LogP) is 3.31. The van der Waals surface area contributed by atoms with E-state index in [4.69, 9.17) is 0 Å². The van der Waals surface area contributed by atoms with Crippen molar-refractivity contribution in [2.24, 2.45) is 0 Å². The van der Waals surface area contributed by atoms with Gasteiger partial charge < -0.3 is 4.90 Å².